The van der Waals surface area contributed by atoms with Gasteiger partial charge in [-0.2, -0.15) is 18.3 Å². The number of hydrogen-bond donors (Lipinski definition) is 2. The number of hydrogen-bond acceptors (Lipinski definition) is 3. The van der Waals surface area contributed by atoms with Crippen LogP contribution in [0.5, 0.6) is 0 Å². The number of para-hydroxylation sites is 2. The number of carbonyl (C=O) groups is 1. The zero-order valence-electron chi connectivity index (χ0n) is 12.8. The number of aromatic nitrogens is 2. The molecule has 0 unspecified atom stereocenters. The van der Waals surface area contributed by atoms with Crippen LogP contribution < -0.4 is 10.9 Å². The van der Waals surface area contributed by atoms with Gasteiger partial charge in [-0.05, 0) is 30.3 Å². The number of alkyl halides is 3. The lowest BCUT2D eigenvalue weighted by atomic mass is 10.1. The molecule has 0 saturated carbocycles. The van der Waals surface area contributed by atoms with E-state index < -0.39 is 17.6 Å². The SMILES string of the molecule is O=C(NNc1ccccc1C(F)(F)F)c1ccccc1-n1cccn1. The van der Waals surface area contributed by atoms with Gasteiger partial charge in [-0.3, -0.25) is 15.6 Å². The Morgan fingerprint density at radius 3 is 2.44 bits per heavy atom. The van der Waals surface area contributed by atoms with Crippen molar-refractivity contribution in [2.75, 3.05) is 5.43 Å². The molecule has 0 bridgehead atoms. The summed E-state index contributed by atoms with van der Waals surface area (Å²) in [6, 6.07) is 13.2. The van der Waals surface area contributed by atoms with Gasteiger partial charge in [0.05, 0.1) is 22.5 Å². The minimum absolute atomic E-state index is 0.236. The molecule has 2 N–H and O–H groups in total. The van der Waals surface area contributed by atoms with Crippen molar-refractivity contribution >= 4 is 11.6 Å². The predicted octanol–water partition coefficient (Wildman–Crippen LogP) is 3.65. The summed E-state index contributed by atoms with van der Waals surface area (Å²) < 4.78 is 40.4. The van der Waals surface area contributed by atoms with Gasteiger partial charge in [-0.15, -0.1) is 0 Å². The largest absolute Gasteiger partial charge is 0.418 e. The predicted molar refractivity (Wildman–Crippen MR) is 86.1 cm³/mol. The number of hydrazine groups is 1. The summed E-state index contributed by atoms with van der Waals surface area (Å²) >= 11 is 0. The van der Waals surface area contributed by atoms with Crippen molar-refractivity contribution < 1.29 is 18.0 Å². The minimum atomic E-state index is -4.53. The van der Waals surface area contributed by atoms with Gasteiger partial charge in [0.2, 0.25) is 0 Å². The molecule has 8 heteroatoms. The van der Waals surface area contributed by atoms with E-state index in [1.54, 1.807) is 42.7 Å². The zero-order valence-corrected chi connectivity index (χ0v) is 12.8. The van der Waals surface area contributed by atoms with Crippen LogP contribution in [0.15, 0.2) is 67.0 Å². The highest BCUT2D eigenvalue weighted by Crippen LogP contribution is 2.34. The Bertz CT molecular complexity index is 876. The van der Waals surface area contributed by atoms with Crippen molar-refractivity contribution in [3.8, 4) is 5.69 Å². The molecule has 0 fully saturated rings. The second kappa shape index (κ2) is 6.68. The molecule has 0 spiro atoms. The van der Waals surface area contributed by atoms with Gasteiger partial charge >= 0.3 is 6.18 Å². The molecule has 0 aliphatic carbocycles. The molecule has 0 radical (unpaired) electrons. The van der Waals surface area contributed by atoms with Gasteiger partial charge in [-0.1, -0.05) is 24.3 Å². The van der Waals surface area contributed by atoms with E-state index in [2.05, 4.69) is 16.0 Å². The topological polar surface area (TPSA) is 59.0 Å². The fraction of sp³-hybridized carbons (Fsp3) is 0.0588. The third-order valence-corrected chi connectivity index (χ3v) is 3.44. The van der Waals surface area contributed by atoms with Crippen LogP contribution in [0, 0.1) is 0 Å². The van der Waals surface area contributed by atoms with Gasteiger partial charge in [0.25, 0.3) is 5.91 Å². The van der Waals surface area contributed by atoms with Crippen molar-refractivity contribution in [3.63, 3.8) is 0 Å². The van der Waals surface area contributed by atoms with Crippen molar-refractivity contribution in [2.24, 2.45) is 0 Å². The van der Waals surface area contributed by atoms with Crippen molar-refractivity contribution in [2.45, 2.75) is 6.18 Å². The molecule has 0 saturated heterocycles. The van der Waals surface area contributed by atoms with E-state index in [9.17, 15) is 18.0 Å². The lowest BCUT2D eigenvalue weighted by Gasteiger charge is -2.15. The van der Waals surface area contributed by atoms with Crippen LogP contribution >= 0.6 is 0 Å². The number of nitrogens with zero attached hydrogens (tertiary/aromatic N) is 2. The van der Waals surface area contributed by atoms with Gasteiger partial charge in [-0.25, -0.2) is 4.68 Å². The van der Waals surface area contributed by atoms with E-state index in [0.29, 0.717) is 5.69 Å². The average molecular weight is 346 g/mol. The highest BCUT2D eigenvalue weighted by atomic mass is 19.4. The first-order valence-corrected chi connectivity index (χ1v) is 7.28. The second-order valence-electron chi connectivity index (χ2n) is 5.09. The monoisotopic (exact) mass is 346 g/mol. The lowest BCUT2D eigenvalue weighted by molar-refractivity contribution is -0.137. The van der Waals surface area contributed by atoms with E-state index in [0.717, 1.165) is 6.07 Å². The molecule has 5 nitrogen and oxygen atoms in total. The smallest absolute Gasteiger partial charge is 0.298 e. The van der Waals surface area contributed by atoms with E-state index in [-0.39, 0.29) is 11.3 Å². The average Bonchev–Trinajstić information content (AvgIpc) is 3.13. The molecule has 0 aliphatic rings. The highest BCUT2D eigenvalue weighted by molar-refractivity contribution is 5.98. The first kappa shape index (κ1) is 16.6. The summed E-state index contributed by atoms with van der Waals surface area (Å²) in [5.41, 5.74) is 4.32. The fourth-order valence-electron chi connectivity index (χ4n) is 2.31. The molecular formula is C17H13F3N4O. The first-order valence-electron chi connectivity index (χ1n) is 7.28. The normalized spacial score (nSPS) is 11.2. The Kier molecular flexibility index (Phi) is 4.42. The summed E-state index contributed by atoms with van der Waals surface area (Å²) in [6.07, 6.45) is -1.30. The summed E-state index contributed by atoms with van der Waals surface area (Å²) in [6.45, 7) is 0. The maximum atomic E-state index is 13.0. The minimum Gasteiger partial charge on any atom is -0.298 e. The van der Waals surface area contributed by atoms with Crippen molar-refractivity contribution in [1.29, 1.82) is 0 Å². The second-order valence-corrected chi connectivity index (χ2v) is 5.09. The number of amides is 1. The van der Waals surface area contributed by atoms with Gasteiger partial charge in [0.15, 0.2) is 0 Å². The van der Waals surface area contributed by atoms with Crippen LogP contribution in [0.4, 0.5) is 18.9 Å². The fourth-order valence-corrected chi connectivity index (χ4v) is 2.31. The van der Waals surface area contributed by atoms with Crippen molar-refractivity contribution in [3.05, 3.63) is 78.1 Å². The number of rotatable bonds is 4. The number of halogens is 3. The Morgan fingerprint density at radius 2 is 1.72 bits per heavy atom. The summed E-state index contributed by atoms with van der Waals surface area (Å²) in [4.78, 5) is 12.4. The first-order chi connectivity index (χ1) is 12.0. The molecule has 25 heavy (non-hydrogen) atoms. The van der Waals surface area contributed by atoms with E-state index in [4.69, 9.17) is 0 Å². The van der Waals surface area contributed by atoms with E-state index >= 15 is 0 Å². The van der Waals surface area contributed by atoms with Crippen LogP contribution in [0.25, 0.3) is 5.69 Å². The maximum absolute atomic E-state index is 13.0. The molecular weight excluding hydrogens is 333 g/mol. The Balaban J connectivity index is 1.82. The third kappa shape index (κ3) is 3.63. The number of nitrogens with one attached hydrogen (secondary N) is 2. The lowest BCUT2D eigenvalue weighted by Crippen LogP contribution is -2.31. The van der Waals surface area contributed by atoms with Crippen LogP contribution in [0.2, 0.25) is 0 Å². The molecule has 3 rings (SSSR count). The quantitative estimate of drug-likeness (QED) is 0.709. The van der Waals surface area contributed by atoms with Gasteiger partial charge < -0.3 is 0 Å². The number of anilines is 1. The Hall–Kier alpha value is -3.29. The molecule has 3 aromatic rings. The molecule has 1 amide bonds. The van der Waals surface area contributed by atoms with Crippen LogP contribution in [0.3, 0.4) is 0 Å². The zero-order chi connectivity index (χ0) is 17.9. The standard InChI is InChI=1S/C17H13F3N4O/c18-17(19,20)13-7-2-3-8-14(13)22-23-16(25)12-6-1-4-9-15(12)24-11-5-10-21-24/h1-11,22H,(H,23,25). The summed E-state index contributed by atoms with van der Waals surface area (Å²) in [5.74, 6) is -0.580. The van der Waals surface area contributed by atoms with Crippen LogP contribution in [-0.4, -0.2) is 15.7 Å². The molecule has 0 aliphatic heterocycles. The molecule has 2 aromatic carbocycles. The van der Waals surface area contributed by atoms with Crippen molar-refractivity contribution in [1.82, 2.24) is 15.2 Å². The van der Waals surface area contributed by atoms with Gasteiger partial charge in [0.1, 0.15) is 0 Å². The third-order valence-electron chi connectivity index (χ3n) is 3.44. The van der Waals surface area contributed by atoms with Gasteiger partial charge in [0, 0.05) is 12.4 Å². The Morgan fingerprint density at radius 1 is 1.00 bits per heavy atom. The molecule has 128 valence electrons. The highest BCUT2D eigenvalue weighted by Gasteiger charge is 2.33. The van der Waals surface area contributed by atoms with E-state index in [1.807, 2.05) is 0 Å². The summed E-state index contributed by atoms with van der Waals surface area (Å²) in [5, 5.41) is 4.06. The molecule has 0 atom stereocenters. The number of benzene rings is 2. The number of carbonyl (C=O) groups excluding carboxylic acids is 1. The van der Waals surface area contributed by atoms with E-state index in [1.165, 1.54) is 22.9 Å². The molecule has 1 aromatic heterocycles. The maximum Gasteiger partial charge on any atom is 0.418 e. The Labute approximate surface area is 141 Å². The van der Waals surface area contributed by atoms with Crippen LogP contribution in [-0.2, 0) is 6.18 Å². The molecule has 1 heterocycles. The summed E-state index contributed by atoms with van der Waals surface area (Å²) in [7, 11) is 0. The van der Waals surface area contributed by atoms with Crippen LogP contribution in [0.1, 0.15) is 15.9 Å².